The van der Waals surface area contributed by atoms with Crippen LogP contribution < -0.4 is 10.6 Å². The second kappa shape index (κ2) is 9.49. The van der Waals surface area contributed by atoms with Crippen molar-refractivity contribution in [3.05, 3.63) is 65.0 Å². The quantitative estimate of drug-likeness (QED) is 0.450. The summed E-state index contributed by atoms with van der Waals surface area (Å²) in [6, 6.07) is 6.39. The molecule has 1 fully saturated rings. The van der Waals surface area contributed by atoms with E-state index in [1.165, 1.54) is 19.1 Å². The smallest absolute Gasteiger partial charge is 0.326 e. The van der Waals surface area contributed by atoms with E-state index in [9.17, 15) is 36.7 Å². The molecule has 2 atom stereocenters. The minimum Gasteiger partial charge on any atom is -0.326 e. The second-order valence-corrected chi connectivity index (χ2v) is 9.15. The van der Waals surface area contributed by atoms with E-state index in [2.05, 4.69) is 10.6 Å². The Morgan fingerprint density at radius 2 is 1.84 bits per heavy atom. The summed E-state index contributed by atoms with van der Waals surface area (Å²) in [5.74, 6) is -2.69. The lowest BCUT2D eigenvalue weighted by atomic mass is 9.91. The number of nitrogens with zero attached hydrogens (tertiary/aromatic N) is 2. The molecular weight excluding hydrogens is 496 g/mol. The van der Waals surface area contributed by atoms with Crippen molar-refractivity contribution in [3.63, 3.8) is 0 Å². The number of hydrogen-bond donors (Lipinski definition) is 2. The third kappa shape index (κ3) is 5.00. The lowest BCUT2D eigenvalue weighted by Crippen LogP contribution is -2.51. The molecule has 1 heterocycles. The molecule has 12 heteroatoms. The first-order valence-corrected chi connectivity index (χ1v) is 11.5. The molecule has 0 radical (unpaired) electrons. The number of amides is 5. The highest BCUT2D eigenvalue weighted by atomic mass is 19.4. The number of urea groups is 1. The Labute approximate surface area is 209 Å². The number of aryl methyl sites for hydroxylation is 1. The van der Waals surface area contributed by atoms with Gasteiger partial charge >= 0.3 is 12.2 Å². The van der Waals surface area contributed by atoms with Gasteiger partial charge in [0.05, 0.1) is 0 Å². The monoisotopic (exact) mass is 520 g/mol. The number of carbonyl (C=O) groups excluding carboxylic acids is 4. The maximum Gasteiger partial charge on any atom is 0.408 e. The van der Waals surface area contributed by atoms with E-state index in [-0.39, 0.29) is 17.9 Å². The number of hydrogen-bond acceptors (Lipinski definition) is 4. The molecule has 8 nitrogen and oxygen atoms in total. The van der Waals surface area contributed by atoms with Gasteiger partial charge in [-0.15, -0.1) is 0 Å². The Hall–Kier alpha value is -3.96. The first kappa shape index (κ1) is 26.1. The van der Waals surface area contributed by atoms with E-state index < -0.39 is 54.5 Å². The molecular formula is C25H24F4N4O4. The molecule has 1 spiro atoms. The number of halogens is 4. The van der Waals surface area contributed by atoms with Crippen LogP contribution in [0.15, 0.2) is 42.5 Å². The Morgan fingerprint density at radius 1 is 1.16 bits per heavy atom. The molecule has 5 amide bonds. The molecule has 1 aliphatic carbocycles. The van der Waals surface area contributed by atoms with Crippen molar-refractivity contribution in [2.75, 3.05) is 11.9 Å². The zero-order valence-corrected chi connectivity index (χ0v) is 20.0. The number of alkyl halides is 3. The SMILES string of the molecule is CC(=O)Nc1ccc2c(c1)CC[C@]21NC(=O)N(CC(=O)N(Cc2ccc(F)cc2)[C@@H](C)C(F)(F)F)C1=O. The van der Waals surface area contributed by atoms with E-state index in [4.69, 9.17) is 0 Å². The maximum absolute atomic E-state index is 13.6. The zero-order chi connectivity index (χ0) is 27.1. The number of rotatable bonds is 6. The van der Waals surface area contributed by atoms with Crippen molar-refractivity contribution < 1.29 is 36.7 Å². The van der Waals surface area contributed by atoms with E-state index in [0.717, 1.165) is 24.6 Å². The Bertz CT molecular complexity index is 1260. The van der Waals surface area contributed by atoms with Crippen molar-refractivity contribution in [1.82, 2.24) is 15.1 Å². The van der Waals surface area contributed by atoms with Gasteiger partial charge in [0.15, 0.2) is 0 Å². The van der Waals surface area contributed by atoms with Crippen molar-refractivity contribution in [2.24, 2.45) is 0 Å². The van der Waals surface area contributed by atoms with Crippen LogP contribution >= 0.6 is 0 Å². The third-order valence-corrected chi connectivity index (χ3v) is 6.65. The van der Waals surface area contributed by atoms with Crippen LogP contribution in [0.25, 0.3) is 0 Å². The molecule has 2 N–H and O–H groups in total. The van der Waals surface area contributed by atoms with Gasteiger partial charge in [0.1, 0.15) is 23.9 Å². The number of carbonyl (C=O) groups is 4. The fraction of sp³-hybridized carbons (Fsp3) is 0.360. The molecule has 0 aromatic heterocycles. The molecule has 1 aliphatic heterocycles. The number of imide groups is 1. The summed E-state index contributed by atoms with van der Waals surface area (Å²) in [4.78, 5) is 51.8. The number of nitrogens with one attached hydrogen (secondary N) is 2. The van der Waals surface area contributed by atoms with Crippen LogP contribution in [-0.2, 0) is 32.9 Å². The highest BCUT2D eigenvalue weighted by Crippen LogP contribution is 2.42. The third-order valence-electron chi connectivity index (χ3n) is 6.65. The summed E-state index contributed by atoms with van der Waals surface area (Å²) in [5.41, 5.74) is 0.543. The summed E-state index contributed by atoms with van der Waals surface area (Å²) < 4.78 is 54.0. The fourth-order valence-electron chi connectivity index (χ4n) is 4.71. The van der Waals surface area contributed by atoms with Gasteiger partial charge in [0, 0.05) is 19.2 Å². The maximum atomic E-state index is 13.6. The molecule has 196 valence electrons. The first-order chi connectivity index (χ1) is 17.3. The lowest BCUT2D eigenvalue weighted by molar-refractivity contribution is -0.187. The van der Waals surface area contributed by atoms with Crippen LogP contribution in [0.2, 0.25) is 0 Å². The predicted molar refractivity (Wildman–Crippen MR) is 123 cm³/mol. The fourth-order valence-corrected chi connectivity index (χ4v) is 4.71. The van der Waals surface area contributed by atoms with Crippen molar-refractivity contribution in [1.29, 1.82) is 0 Å². The zero-order valence-electron chi connectivity index (χ0n) is 20.0. The molecule has 0 unspecified atom stereocenters. The van der Waals surface area contributed by atoms with Crippen LogP contribution in [0.3, 0.4) is 0 Å². The largest absolute Gasteiger partial charge is 0.408 e. The van der Waals surface area contributed by atoms with Gasteiger partial charge in [-0.2, -0.15) is 13.2 Å². The van der Waals surface area contributed by atoms with Gasteiger partial charge in [0.25, 0.3) is 5.91 Å². The highest BCUT2D eigenvalue weighted by molar-refractivity contribution is 6.10. The van der Waals surface area contributed by atoms with Crippen LogP contribution in [0.5, 0.6) is 0 Å². The number of benzene rings is 2. The van der Waals surface area contributed by atoms with Gasteiger partial charge in [-0.3, -0.25) is 19.3 Å². The normalized spacial score (nSPS) is 19.6. The summed E-state index contributed by atoms with van der Waals surface area (Å²) in [6.07, 6.45) is -4.18. The Morgan fingerprint density at radius 3 is 2.46 bits per heavy atom. The molecule has 2 aromatic carbocycles. The highest BCUT2D eigenvalue weighted by Gasteiger charge is 2.56. The summed E-state index contributed by atoms with van der Waals surface area (Å²) >= 11 is 0. The topological polar surface area (TPSA) is 98.8 Å². The average Bonchev–Trinajstić information content (AvgIpc) is 3.29. The van der Waals surface area contributed by atoms with Crippen LogP contribution in [0.1, 0.15) is 37.0 Å². The first-order valence-electron chi connectivity index (χ1n) is 11.5. The lowest BCUT2D eigenvalue weighted by Gasteiger charge is -2.32. The van der Waals surface area contributed by atoms with Crippen molar-refractivity contribution >= 4 is 29.4 Å². The van der Waals surface area contributed by atoms with Crippen LogP contribution in [0.4, 0.5) is 28.0 Å². The average molecular weight is 520 g/mol. The van der Waals surface area contributed by atoms with E-state index in [1.807, 2.05) is 0 Å². The summed E-state index contributed by atoms with van der Waals surface area (Å²) in [6.45, 7) is 0.759. The Balaban J connectivity index is 1.57. The number of fused-ring (bicyclic) bond motifs is 2. The molecule has 37 heavy (non-hydrogen) atoms. The summed E-state index contributed by atoms with van der Waals surface area (Å²) in [5, 5.41) is 5.26. The van der Waals surface area contributed by atoms with E-state index in [1.54, 1.807) is 18.2 Å². The van der Waals surface area contributed by atoms with Gasteiger partial charge in [-0.25, -0.2) is 9.18 Å². The molecule has 0 saturated carbocycles. The Kier molecular flexibility index (Phi) is 6.70. The van der Waals surface area contributed by atoms with Gasteiger partial charge in [-0.05, 0) is 60.7 Å². The number of anilines is 1. The van der Waals surface area contributed by atoms with Gasteiger partial charge in [-0.1, -0.05) is 18.2 Å². The minimum absolute atomic E-state index is 0.194. The molecule has 1 saturated heterocycles. The molecule has 2 aliphatic rings. The van der Waals surface area contributed by atoms with E-state index >= 15 is 0 Å². The molecule has 4 rings (SSSR count). The van der Waals surface area contributed by atoms with E-state index in [0.29, 0.717) is 27.5 Å². The second-order valence-electron chi connectivity index (χ2n) is 9.15. The standard InChI is InChI=1S/C25H24F4N4O4/c1-14(25(27,28)29)32(12-16-3-5-18(26)6-4-16)21(35)13-33-22(36)24(31-23(33)37)10-9-17-11-19(30-15(2)34)7-8-20(17)24/h3-8,11,14H,9-10,12-13H2,1-2H3,(H,30,34)(H,31,37)/t14-,24-/m0/s1. The predicted octanol–water partition coefficient (Wildman–Crippen LogP) is 3.46. The van der Waals surface area contributed by atoms with Gasteiger partial charge in [0.2, 0.25) is 11.8 Å². The van der Waals surface area contributed by atoms with Crippen molar-refractivity contribution in [2.45, 2.75) is 51.0 Å². The molecule has 0 bridgehead atoms. The summed E-state index contributed by atoms with van der Waals surface area (Å²) in [7, 11) is 0. The minimum atomic E-state index is -4.77. The van der Waals surface area contributed by atoms with Gasteiger partial charge < -0.3 is 15.5 Å². The molecule has 2 aromatic rings. The van der Waals surface area contributed by atoms with Crippen LogP contribution in [0, 0.1) is 5.82 Å². The van der Waals surface area contributed by atoms with Crippen molar-refractivity contribution in [3.8, 4) is 0 Å². The van der Waals surface area contributed by atoms with Crippen LogP contribution in [-0.4, -0.2) is 52.3 Å².